The topological polar surface area (TPSA) is 101 Å². The summed E-state index contributed by atoms with van der Waals surface area (Å²) in [4.78, 5) is 21.8. The first kappa shape index (κ1) is 17.0. The number of hydrogen-bond acceptors (Lipinski definition) is 5. The standard InChI is InChI=1S/C11H14FN3O5S/c1-13(2)11(16)7-14(3)21(19,20)8-4-5-10(15(17)18)9(12)6-8/h4-6H,7H2,1-3H3. The molecule has 0 spiro atoms. The highest BCUT2D eigenvalue weighted by Gasteiger charge is 2.26. The van der Waals surface area contributed by atoms with Gasteiger partial charge >= 0.3 is 5.69 Å². The second kappa shape index (κ2) is 6.14. The fourth-order valence-electron chi connectivity index (χ4n) is 1.39. The van der Waals surface area contributed by atoms with Crippen LogP contribution in [0.2, 0.25) is 0 Å². The van der Waals surface area contributed by atoms with E-state index in [4.69, 9.17) is 0 Å². The fraction of sp³-hybridized carbons (Fsp3) is 0.364. The maximum atomic E-state index is 13.5. The molecular weight excluding hydrogens is 305 g/mol. The van der Waals surface area contributed by atoms with E-state index in [1.807, 2.05) is 0 Å². The predicted octanol–water partition coefficient (Wildman–Crippen LogP) is 0.443. The molecule has 0 heterocycles. The van der Waals surface area contributed by atoms with E-state index in [9.17, 15) is 27.7 Å². The third kappa shape index (κ3) is 3.73. The molecule has 1 aromatic rings. The van der Waals surface area contributed by atoms with Crippen LogP contribution in [0.5, 0.6) is 0 Å². The number of rotatable bonds is 5. The lowest BCUT2D eigenvalue weighted by atomic mass is 10.3. The number of amides is 1. The summed E-state index contributed by atoms with van der Waals surface area (Å²) in [6.07, 6.45) is 0. The van der Waals surface area contributed by atoms with Gasteiger partial charge in [0.1, 0.15) is 0 Å². The number of benzene rings is 1. The summed E-state index contributed by atoms with van der Waals surface area (Å²) in [5.74, 6) is -1.71. The molecule has 0 aliphatic carbocycles. The van der Waals surface area contributed by atoms with Crippen LogP contribution in [0.25, 0.3) is 0 Å². The highest BCUT2D eigenvalue weighted by molar-refractivity contribution is 7.89. The maximum Gasteiger partial charge on any atom is 0.304 e. The molecule has 0 atom stereocenters. The Morgan fingerprint density at radius 3 is 2.33 bits per heavy atom. The van der Waals surface area contributed by atoms with Crippen LogP contribution in [-0.2, 0) is 14.8 Å². The SMILES string of the molecule is CN(C)C(=O)CN(C)S(=O)(=O)c1ccc([N+](=O)[O-])c(F)c1. The van der Waals surface area contributed by atoms with Gasteiger partial charge in [0.25, 0.3) is 0 Å². The monoisotopic (exact) mass is 319 g/mol. The average Bonchev–Trinajstić information content (AvgIpc) is 2.37. The first-order valence-corrected chi connectivity index (χ1v) is 7.12. The molecule has 0 unspecified atom stereocenters. The van der Waals surface area contributed by atoms with Gasteiger partial charge in [-0.25, -0.2) is 8.42 Å². The number of carbonyl (C=O) groups is 1. The zero-order valence-corrected chi connectivity index (χ0v) is 12.4. The highest BCUT2D eigenvalue weighted by Crippen LogP contribution is 2.22. The van der Waals surface area contributed by atoms with Crippen LogP contribution in [0.4, 0.5) is 10.1 Å². The summed E-state index contributed by atoms with van der Waals surface area (Å²) >= 11 is 0. The molecule has 116 valence electrons. The van der Waals surface area contributed by atoms with E-state index >= 15 is 0 Å². The van der Waals surface area contributed by atoms with E-state index in [-0.39, 0.29) is 0 Å². The van der Waals surface area contributed by atoms with E-state index in [0.29, 0.717) is 6.07 Å². The van der Waals surface area contributed by atoms with E-state index < -0.39 is 43.8 Å². The molecule has 1 rings (SSSR count). The Balaban J connectivity index is 3.11. The molecule has 21 heavy (non-hydrogen) atoms. The number of halogens is 1. The van der Waals surface area contributed by atoms with Gasteiger partial charge < -0.3 is 4.90 Å². The molecular formula is C11H14FN3O5S. The first-order valence-electron chi connectivity index (χ1n) is 5.67. The van der Waals surface area contributed by atoms with Gasteiger partial charge in [0, 0.05) is 33.3 Å². The van der Waals surface area contributed by atoms with Gasteiger partial charge in [0.2, 0.25) is 21.7 Å². The number of sulfonamides is 1. The zero-order chi connectivity index (χ0) is 16.4. The fourth-order valence-corrected chi connectivity index (χ4v) is 2.53. The van der Waals surface area contributed by atoms with E-state index in [2.05, 4.69) is 0 Å². The van der Waals surface area contributed by atoms with Crippen molar-refractivity contribution in [1.29, 1.82) is 0 Å². The molecule has 10 heteroatoms. The Labute approximate surface area is 121 Å². The molecule has 0 saturated carbocycles. The molecule has 0 fully saturated rings. The van der Waals surface area contributed by atoms with Crippen molar-refractivity contribution >= 4 is 21.6 Å². The molecule has 1 amide bonds. The van der Waals surface area contributed by atoms with Crippen LogP contribution in [0.15, 0.2) is 23.1 Å². The summed E-state index contributed by atoms with van der Waals surface area (Å²) in [6, 6.07) is 2.25. The molecule has 0 aliphatic heterocycles. The van der Waals surface area contributed by atoms with Crippen molar-refractivity contribution in [1.82, 2.24) is 9.21 Å². The van der Waals surface area contributed by atoms with Crippen molar-refractivity contribution in [2.45, 2.75) is 4.90 Å². The second-order valence-corrected chi connectivity index (χ2v) is 6.46. The normalized spacial score (nSPS) is 11.5. The molecule has 1 aromatic carbocycles. The molecule has 0 aliphatic rings. The summed E-state index contributed by atoms with van der Waals surface area (Å²) in [5, 5.41) is 10.5. The summed E-state index contributed by atoms with van der Waals surface area (Å²) < 4.78 is 38.5. The summed E-state index contributed by atoms with van der Waals surface area (Å²) in [5.41, 5.74) is -0.819. The van der Waals surface area contributed by atoms with Gasteiger partial charge in [-0.15, -0.1) is 0 Å². The molecule has 0 bridgehead atoms. The minimum absolute atomic E-state index is 0.423. The van der Waals surface area contributed by atoms with Crippen molar-refractivity contribution in [2.75, 3.05) is 27.7 Å². The van der Waals surface area contributed by atoms with Crippen LogP contribution < -0.4 is 0 Å². The van der Waals surface area contributed by atoms with Gasteiger partial charge in [0.15, 0.2) is 0 Å². The number of likely N-dealkylation sites (N-methyl/N-ethyl adjacent to an activating group) is 2. The molecule has 0 radical (unpaired) electrons. The van der Waals surface area contributed by atoms with Gasteiger partial charge in [-0.05, 0) is 6.07 Å². The van der Waals surface area contributed by atoms with Gasteiger partial charge in [0.05, 0.1) is 16.4 Å². The molecule has 0 N–H and O–H groups in total. The Morgan fingerprint density at radius 1 is 1.33 bits per heavy atom. The van der Waals surface area contributed by atoms with Crippen molar-refractivity contribution in [3.8, 4) is 0 Å². The van der Waals surface area contributed by atoms with Crippen molar-refractivity contribution < 1.29 is 22.5 Å². The van der Waals surface area contributed by atoms with Crippen molar-refractivity contribution in [3.05, 3.63) is 34.1 Å². The van der Waals surface area contributed by atoms with Gasteiger partial charge in [-0.2, -0.15) is 8.70 Å². The van der Waals surface area contributed by atoms with Gasteiger partial charge in [-0.1, -0.05) is 0 Å². The Morgan fingerprint density at radius 2 is 1.90 bits per heavy atom. The average molecular weight is 319 g/mol. The number of nitrogens with zero attached hydrogens (tertiary/aromatic N) is 3. The number of carbonyl (C=O) groups excluding carboxylic acids is 1. The number of nitro benzene ring substituents is 1. The minimum atomic E-state index is -4.11. The van der Waals surface area contributed by atoms with Gasteiger partial charge in [-0.3, -0.25) is 14.9 Å². The second-order valence-electron chi connectivity index (χ2n) is 4.42. The van der Waals surface area contributed by atoms with Crippen LogP contribution in [-0.4, -0.2) is 56.1 Å². The third-order valence-electron chi connectivity index (χ3n) is 2.68. The number of hydrogen-bond donors (Lipinski definition) is 0. The van der Waals surface area contributed by atoms with E-state index in [1.165, 1.54) is 19.0 Å². The lowest BCUT2D eigenvalue weighted by Crippen LogP contribution is -2.37. The Bertz CT molecular complexity index is 674. The third-order valence-corrected chi connectivity index (χ3v) is 4.48. The minimum Gasteiger partial charge on any atom is -0.348 e. The van der Waals surface area contributed by atoms with Crippen molar-refractivity contribution in [2.24, 2.45) is 0 Å². The van der Waals surface area contributed by atoms with E-state index in [1.54, 1.807) is 0 Å². The van der Waals surface area contributed by atoms with Crippen LogP contribution in [0.3, 0.4) is 0 Å². The maximum absolute atomic E-state index is 13.5. The molecule has 0 aromatic heterocycles. The lowest BCUT2D eigenvalue weighted by Gasteiger charge is -2.19. The molecule has 0 saturated heterocycles. The Hall–Kier alpha value is -2.07. The summed E-state index contributed by atoms with van der Waals surface area (Å²) in [7, 11) is -0.0133. The van der Waals surface area contributed by atoms with Crippen molar-refractivity contribution in [3.63, 3.8) is 0 Å². The van der Waals surface area contributed by atoms with Crippen LogP contribution >= 0.6 is 0 Å². The molecule has 8 nitrogen and oxygen atoms in total. The highest BCUT2D eigenvalue weighted by atomic mass is 32.2. The Kier molecular flexibility index (Phi) is 4.97. The number of nitro groups is 1. The van der Waals surface area contributed by atoms with Crippen LogP contribution in [0.1, 0.15) is 0 Å². The first-order chi connectivity index (χ1) is 9.57. The quantitative estimate of drug-likeness (QED) is 0.579. The zero-order valence-electron chi connectivity index (χ0n) is 11.6. The largest absolute Gasteiger partial charge is 0.348 e. The van der Waals surface area contributed by atoms with E-state index in [0.717, 1.165) is 23.5 Å². The lowest BCUT2D eigenvalue weighted by molar-refractivity contribution is -0.387. The summed E-state index contributed by atoms with van der Waals surface area (Å²) in [6.45, 7) is -0.423. The van der Waals surface area contributed by atoms with Crippen LogP contribution in [0, 0.1) is 15.9 Å². The smallest absolute Gasteiger partial charge is 0.304 e. The predicted molar refractivity (Wildman–Crippen MR) is 71.6 cm³/mol.